The second-order valence-corrected chi connectivity index (χ2v) is 9.21. The van der Waals surface area contributed by atoms with Crippen LogP contribution in [0.15, 0.2) is 57.9 Å². The summed E-state index contributed by atoms with van der Waals surface area (Å²) in [5.74, 6) is -0.311. The molecule has 6 nitrogen and oxygen atoms in total. The van der Waals surface area contributed by atoms with E-state index < -0.39 is 0 Å². The molecule has 0 atom stereocenters. The maximum atomic E-state index is 13.2. The molecule has 1 amide bonds. The highest BCUT2D eigenvalue weighted by molar-refractivity contribution is 7.16. The van der Waals surface area contributed by atoms with Gasteiger partial charge in [0.2, 0.25) is 5.55 Å². The molecule has 0 spiro atoms. The summed E-state index contributed by atoms with van der Waals surface area (Å²) in [4.78, 5) is 19.1. The number of anilines is 1. The van der Waals surface area contributed by atoms with Crippen LogP contribution in [-0.4, -0.2) is 11.0 Å². The van der Waals surface area contributed by atoms with Gasteiger partial charge in [0.05, 0.1) is 5.56 Å². The zero-order valence-electron chi connectivity index (χ0n) is 18.0. The van der Waals surface area contributed by atoms with Crippen LogP contribution >= 0.6 is 11.3 Å². The van der Waals surface area contributed by atoms with Gasteiger partial charge in [-0.2, -0.15) is 5.26 Å². The van der Waals surface area contributed by atoms with Crippen molar-refractivity contribution in [3.05, 3.63) is 81.2 Å². The van der Waals surface area contributed by atoms with E-state index in [-0.39, 0.29) is 22.8 Å². The number of hydrogen-bond acceptors (Lipinski definition) is 6. The first-order valence-electron chi connectivity index (χ1n) is 10.8. The van der Waals surface area contributed by atoms with E-state index in [1.165, 1.54) is 28.3 Å². The Morgan fingerprint density at radius 3 is 2.73 bits per heavy atom. The van der Waals surface area contributed by atoms with Gasteiger partial charge in [-0.25, -0.2) is 4.99 Å². The van der Waals surface area contributed by atoms with Crippen LogP contribution in [-0.2, 0) is 12.8 Å². The molecule has 2 aromatic heterocycles. The molecule has 0 saturated carbocycles. The monoisotopic (exact) mass is 455 g/mol. The van der Waals surface area contributed by atoms with Gasteiger partial charge in [0.15, 0.2) is 0 Å². The van der Waals surface area contributed by atoms with Crippen LogP contribution < -0.4 is 10.9 Å². The average Bonchev–Trinajstić information content (AvgIpc) is 3.17. The van der Waals surface area contributed by atoms with Gasteiger partial charge >= 0.3 is 0 Å². The highest BCUT2D eigenvalue weighted by Gasteiger charge is 2.21. The SMILES string of the molecule is Cc1ccc(NC(=O)c2cc3ccc(O)cc3oc2=Nc2sc3c(c2C#N)CCCC3)cc1. The minimum absolute atomic E-state index is 0.0540. The van der Waals surface area contributed by atoms with E-state index in [1.807, 2.05) is 31.2 Å². The number of benzene rings is 2. The maximum Gasteiger partial charge on any atom is 0.261 e. The number of aromatic hydroxyl groups is 1. The molecule has 0 radical (unpaired) electrons. The molecule has 0 fully saturated rings. The van der Waals surface area contributed by atoms with Gasteiger partial charge in [-0.05, 0) is 68.5 Å². The predicted octanol–water partition coefficient (Wildman–Crippen LogP) is 5.74. The fourth-order valence-corrected chi connectivity index (χ4v) is 5.23. The standard InChI is InChI=1S/C26H21N3O3S/c1-15-6-9-17(10-7-15)28-24(31)20-12-16-8-11-18(30)13-22(16)32-25(20)29-26-21(14-27)19-4-2-3-5-23(19)33-26/h6-13,30H,2-5H2,1H3,(H,28,31). The molecular weight excluding hydrogens is 434 g/mol. The first-order valence-corrected chi connectivity index (χ1v) is 11.6. The third kappa shape index (κ3) is 4.13. The zero-order chi connectivity index (χ0) is 22.9. The second-order valence-electron chi connectivity index (χ2n) is 8.12. The Hall–Kier alpha value is -3.89. The average molecular weight is 456 g/mol. The summed E-state index contributed by atoms with van der Waals surface area (Å²) in [7, 11) is 0. The van der Waals surface area contributed by atoms with Crippen LogP contribution in [0.4, 0.5) is 10.7 Å². The van der Waals surface area contributed by atoms with Crippen molar-refractivity contribution >= 4 is 38.9 Å². The lowest BCUT2D eigenvalue weighted by Gasteiger charge is -2.09. The van der Waals surface area contributed by atoms with Crippen LogP contribution in [0.3, 0.4) is 0 Å². The quantitative estimate of drug-likeness (QED) is 0.411. The number of phenolic OH excluding ortho intramolecular Hbond substituents is 1. The molecule has 0 unspecified atom stereocenters. The number of amides is 1. The van der Waals surface area contributed by atoms with Crippen LogP contribution in [0.25, 0.3) is 11.0 Å². The molecule has 5 rings (SSSR count). The van der Waals surface area contributed by atoms with Gasteiger partial charge in [-0.1, -0.05) is 17.7 Å². The van der Waals surface area contributed by atoms with Crippen molar-refractivity contribution in [2.75, 3.05) is 5.32 Å². The third-order valence-corrected chi connectivity index (χ3v) is 6.94. The number of carbonyl (C=O) groups excluding carboxylic acids is 1. The Bertz CT molecular complexity index is 1490. The number of hydrogen-bond donors (Lipinski definition) is 2. The first-order chi connectivity index (χ1) is 16.0. The van der Waals surface area contributed by atoms with Crippen molar-refractivity contribution in [3.8, 4) is 11.8 Å². The summed E-state index contributed by atoms with van der Waals surface area (Å²) in [6.07, 6.45) is 3.96. The van der Waals surface area contributed by atoms with E-state index in [2.05, 4.69) is 16.4 Å². The molecule has 4 aromatic rings. The molecule has 1 aliphatic carbocycles. The molecular formula is C26H21N3O3S. The number of nitrogens with one attached hydrogen (secondary N) is 1. The number of nitrogens with zero attached hydrogens (tertiary/aromatic N) is 2. The van der Waals surface area contributed by atoms with E-state index in [0.717, 1.165) is 36.8 Å². The summed E-state index contributed by atoms with van der Waals surface area (Å²) in [5.41, 5.74) is 4.14. The van der Waals surface area contributed by atoms with Crippen molar-refractivity contribution in [1.29, 1.82) is 5.26 Å². The predicted molar refractivity (Wildman–Crippen MR) is 128 cm³/mol. The minimum atomic E-state index is -0.365. The van der Waals surface area contributed by atoms with Crippen molar-refractivity contribution in [2.45, 2.75) is 32.6 Å². The van der Waals surface area contributed by atoms with E-state index in [0.29, 0.717) is 27.2 Å². The largest absolute Gasteiger partial charge is 0.508 e. The lowest BCUT2D eigenvalue weighted by molar-refractivity contribution is 0.102. The second kappa shape index (κ2) is 8.57. The van der Waals surface area contributed by atoms with Crippen molar-refractivity contribution in [3.63, 3.8) is 0 Å². The van der Waals surface area contributed by atoms with Gasteiger partial charge < -0.3 is 14.8 Å². The number of phenols is 1. The molecule has 33 heavy (non-hydrogen) atoms. The lowest BCUT2D eigenvalue weighted by atomic mass is 9.96. The molecule has 164 valence electrons. The molecule has 1 aliphatic rings. The lowest BCUT2D eigenvalue weighted by Crippen LogP contribution is -2.21. The van der Waals surface area contributed by atoms with E-state index in [1.54, 1.807) is 12.1 Å². The number of aryl methyl sites for hydroxylation is 2. The minimum Gasteiger partial charge on any atom is -0.508 e. The maximum absolute atomic E-state index is 13.2. The molecule has 2 heterocycles. The van der Waals surface area contributed by atoms with Crippen molar-refractivity contribution < 1.29 is 14.3 Å². The smallest absolute Gasteiger partial charge is 0.261 e. The van der Waals surface area contributed by atoms with E-state index in [4.69, 9.17) is 4.42 Å². The van der Waals surface area contributed by atoms with Crippen LogP contribution in [0.1, 0.15) is 44.8 Å². The molecule has 0 bridgehead atoms. The molecule has 2 aromatic carbocycles. The number of fused-ring (bicyclic) bond motifs is 2. The highest BCUT2D eigenvalue weighted by Crippen LogP contribution is 2.39. The first kappa shape index (κ1) is 21.0. The number of rotatable bonds is 3. The highest BCUT2D eigenvalue weighted by atomic mass is 32.1. The number of carbonyl (C=O) groups is 1. The normalized spacial score (nSPS) is 13.5. The zero-order valence-corrected chi connectivity index (χ0v) is 18.8. The molecule has 0 aliphatic heterocycles. The van der Waals surface area contributed by atoms with Gasteiger partial charge in [-0.3, -0.25) is 4.79 Å². The Kier molecular flexibility index (Phi) is 5.45. The fraction of sp³-hybridized carbons (Fsp3) is 0.192. The molecule has 0 saturated heterocycles. The van der Waals surface area contributed by atoms with Crippen molar-refractivity contribution in [2.24, 2.45) is 4.99 Å². The summed E-state index contributed by atoms with van der Waals surface area (Å²) in [6.45, 7) is 1.98. The van der Waals surface area contributed by atoms with Gasteiger partial charge in [-0.15, -0.1) is 11.3 Å². The van der Waals surface area contributed by atoms with Crippen LogP contribution in [0.2, 0.25) is 0 Å². The summed E-state index contributed by atoms with van der Waals surface area (Å²) in [6, 6.07) is 16.2. The van der Waals surface area contributed by atoms with E-state index >= 15 is 0 Å². The molecule has 2 N–H and O–H groups in total. The summed E-state index contributed by atoms with van der Waals surface area (Å²) >= 11 is 1.49. The topological polar surface area (TPSA) is 98.6 Å². The van der Waals surface area contributed by atoms with Crippen molar-refractivity contribution in [1.82, 2.24) is 0 Å². The number of nitriles is 1. The Labute approximate surface area is 194 Å². The van der Waals surface area contributed by atoms with E-state index in [9.17, 15) is 15.2 Å². The van der Waals surface area contributed by atoms with Gasteiger partial charge in [0, 0.05) is 22.0 Å². The third-order valence-electron chi connectivity index (χ3n) is 5.76. The van der Waals surface area contributed by atoms with Crippen LogP contribution in [0.5, 0.6) is 5.75 Å². The summed E-state index contributed by atoms with van der Waals surface area (Å²) in [5, 5.41) is 23.8. The molecule has 7 heteroatoms. The Morgan fingerprint density at radius 2 is 1.94 bits per heavy atom. The number of thiophene rings is 1. The van der Waals surface area contributed by atoms with Gasteiger partial charge in [0.1, 0.15) is 28.0 Å². The Balaban J connectivity index is 1.67. The summed E-state index contributed by atoms with van der Waals surface area (Å²) < 4.78 is 6.00. The fourth-order valence-electron chi connectivity index (χ4n) is 4.03. The van der Waals surface area contributed by atoms with Crippen LogP contribution in [0, 0.1) is 18.3 Å². The van der Waals surface area contributed by atoms with Gasteiger partial charge in [0.25, 0.3) is 5.91 Å². The Morgan fingerprint density at radius 1 is 1.15 bits per heavy atom.